The molecule has 78 valence electrons. The second-order valence-electron chi connectivity index (χ2n) is 2.90. The van der Waals surface area contributed by atoms with E-state index in [-0.39, 0.29) is 0 Å². The van der Waals surface area contributed by atoms with Crippen LogP contribution in [0.2, 0.25) is 0 Å². The molecule has 0 atom stereocenters. The Labute approximate surface area is 81.7 Å². The first-order valence-corrected chi connectivity index (χ1v) is 5.22. The lowest BCUT2D eigenvalue weighted by molar-refractivity contribution is -0.136. The lowest BCUT2D eigenvalue weighted by atomic mass is 10.3. The molecule has 0 saturated heterocycles. The number of aliphatic carboxylic acids is 1. The first-order valence-electron chi connectivity index (χ1n) is 3.82. The van der Waals surface area contributed by atoms with Crippen LogP contribution < -0.4 is 0 Å². The van der Waals surface area contributed by atoms with Crippen LogP contribution in [0.15, 0.2) is 16.2 Å². The Morgan fingerprint density at radius 3 is 2.57 bits per heavy atom. The Morgan fingerprint density at radius 2 is 2.14 bits per heavy atom. The molecule has 1 aliphatic rings. The van der Waals surface area contributed by atoms with Crippen molar-refractivity contribution in [1.29, 1.82) is 0 Å². The van der Waals surface area contributed by atoms with E-state index in [1.807, 2.05) is 0 Å². The molecular formula is C7H10N2O4S. The maximum atomic E-state index is 11.4. The average Bonchev–Trinajstić information content (AvgIpc) is 1.95. The minimum Gasteiger partial charge on any atom is -0.480 e. The number of carboxylic acids is 1. The number of hydrogen-bond acceptors (Lipinski definition) is 3. The second kappa shape index (κ2) is 3.41. The van der Waals surface area contributed by atoms with Crippen molar-refractivity contribution in [3.05, 3.63) is 11.8 Å². The van der Waals surface area contributed by atoms with Crippen molar-refractivity contribution in [2.24, 2.45) is 4.40 Å². The first kappa shape index (κ1) is 10.7. The van der Waals surface area contributed by atoms with Crippen molar-refractivity contribution in [2.45, 2.75) is 13.8 Å². The van der Waals surface area contributed by atoms with Crippen LogP contribution in [0.4, 0.5) is 0 Å². The van der Waals surface area contributed by atoms with Crippen LogP contribution in [0.5, 0.6) is 0 Å². The fourth-order valence-corrected chi connectivity index (χ4v) is 2.35. The lowest BCUT2D eigenvalue weighted by Gasteiger charge is -2.23. The second-order valence-corrected chi connectivity index (χ2v) is 4.42. The SMILES string of the molecule is CC1=CC(C)=NS(=O)(=O)N1CC(=O)O. The number of hydrogen-bond donors (Lipinski definition) is 1. The summed E-state index contributed by atoms with van der Waals surface area (Å²) in [4.78, 5) is 10.4. The fraction of sp³-hybridized carbons (Fsp3) is 0.429. The van der Waals surface area contributed by atoms with Crippen LogP contribution in [0.25, 0.3) is 0 Å². The molecular weight excluding hydrogens is 208 g/mol. The average molecular weight is 218 g/mol. The molecule has 1 rings (SSSR count). The number of carbonyl (C=O) groups is 1. The largest absolute Gasteiger partial charge is 0.480 e. The molecule has 0 fully saturated rings. The molecule has 1 N–H and O–H groups in total. The van der Waals surface area contributed by atoms with Gasteiger partial charge in [-0.15, -0.1) is 4.40 Å². The van der Waals surface area contributed by atoms with Gasteiger partial charge in [-0.05, 0) is 19.9 Å². The molecule has 7 heteroatoms. The summed E-state index contributed by atoms with van der Waals surface area (Å²) in [5.74, 6) is -1.21. The van der Waals surface area contributed by atoms with Crippen molar-refractivity contribution >= 4 is 21.9 Å². The van der Waals surface area contributed by atoms with Crippen molar-refractivity contribution in [1.82, 2.24) is 4.31 Å². The monoisotopic (exact) mass is 218 g/mol. The van der Waals surface area contributed by atoms with Gasteiger partial charge in [-0.25, -0.2) is 4.31 Å². The summed E-state index contributed by atoms with van der Waals surface area (Å²) < 4.78 is 26.9. The zero-order chi connectivity index (χ0) is 10.9. The van der Waals surface area contributed by atoms with Crippen LogP contribution in [-0.2, 0) is 15.0 Å². The van der Waals surface area contributed by atoms with Gasteiger partial charge in [0, 0.05) is 5.70 Å². The molecule has 0 unspecified atom stereocenters. The number of carboxylic acid groups (broad SMARTS) is 1. The Hall–Kier alpha value is -1.37. The van der Waals surface area contributed by atoms with Gasteiger partial charge in [-0.1, -0.05) is 0 Å². The third-order valence-electron chi connectivity index (χ3n) is 1.63. The van der Waals surface area contributed by atoms with E-state index in [2.05, 4.69) is 4.40 Å². The normalized spacial score (nSPS) is 20.0. The highest BCUT2D eigenvalue weighted by Crippen LogP contribution is 2.16. The summed E-state index contributed by atoms with van der Waals surface area (Å²) in [5, 5.41) is 8.50. The lowest BCUT2D eigenvalue weighted by Crippen LogP contribution is -2.35. The standard InChI is InChI=1S/C7H10N2O4S/c1-5-3-6(2)9(4-7(10)11)14(12,13)8-5/h3H,4H2,1-2H3,(H,10,11). The predicted molar refractivity (Wildman–Crippen MR) is 50.1 cm³/mol. The Bertz CT molecular complexity index is 421. The maximum absolute atomic E-state index is 11.4. The highest BCUT2D eigenvalue weighted by atomic mass is 32.2. The third kappa shape index (κ3) is 2.11. The summed E-state index contributed by atoms with van der Waals surface area (Å²) in [5.41, 5.74) is 0.712. The first-order chi connectivity index (χ1) is 6.33. The molecule has 0 aromatic rings. The van der Waals surface area contributed by atoms with Crippen LogP contribution in [0.3, 0.4) is 0 Å². The Morgan fingerprint density at radius 1 is 1.57 bits per heavy atom. The van der Waals surface area contributed by atoms with Gasteiger partial charge < -0.3 is 5.11 Å². The molecule has 0 aromatic carbocycles. The summed E-state index contributed by atoms with van der Waals surface area (Å²) in [6, 6.07) is 0. The van der Waals surface area contributed by atoms with Gasteiger partial charge in [0.2, 0.25) is 0 Å². The van der Waals surface area contributed by atoms with Gasteiger partial charge in [0.15, 0.2) is 0 Å². The van der Waals surface area contributed by atoms with Crippen LogP contribution in [0, 0.1) is 0 Å². The van der Waals surface area contributed by atoms with Crippen molar-refractivity contribution in [2.75, 3.05) is 6.54 Å². The molecule has 0 aliphatic carbocycles. The molecule has 0 amide bonds. The summed E-state index contributed by atoms with van der Waals surface area (Å²) in [7, 11) is -3.84. The van der Waals surface area contributed by atoms with E-state index in [1.54, 1.807) is 6.92 Å². The fourth-order valence-electron chi connectivity index (χ4n) is 1.14. The molecule has 14 heavy (non-hydrogen) atoms. The Kier molecular flexibility index (Phi) is 2.61. The summed E-state index contributed by atoms with van der Waals surface area (Å²) >= 11 is 0. The molecule has 0 radical (unpaired) electrons. The van der Waals surface area contributed by atoms with E-state index in [0.717, 1.165) is 4.31 Å². The molecule has 0 bridgehead atoms. The maximum Gasteiger partial charge on any atom is 0.345 e. The highest BCUT2D eigenvalue weighted by Gasteiger charge is 2.26. The van der Waals surface area contributed by atoms with Gasteiger partial charge in [0.1, 0.15) is 6.54 Å². The van der Waals surface area contributed by atoms with Crippen molar-refractivity contribution in [3.63, 3.8) is 0 Å². The zero-order valence-electron chi connectivity index (χ0n) is 7.76. The topological polar surface area (TPSA) is 87.0 Å². The van der Waals surface area contributed by atoms with Crippen LogP contribution in [0.1, 0.15) is 13.8 Å². The number of nitrogens with zero attached hydrogens (tertiary/aromatic N) is 2. The number of allylic oxidation sites excluding steroid dienone is 2. The van der Waals surface area contributed by atoms with E-state index in [1.165, 1.54) is 13.0 Å². The zero-order valence-corrected chi connectivity index (χ0v) is 8.58. The van der Waals surface area contributed by atoms with Gasteiger partial charge in [0.05, 0.1) is 5.71 Å². The summed E-state index contributed by atoms with van der Waals surface area (Å²) in [6.07, 6.45) is 1.52. The van der Waals surface area contributed by atoms with Gasteiger partial charge in [-0.2, -0.15) is 8.42 Å². The smallest absolute Gasteiger partial charge is 0.345 e. The van der Waals surface area contributed by atoms with Crippen molar-refractivity contribution < 1.29 is 18.3 Å². The molecule has 1 aliphatic heterocycles. The molecule has 0 spiro atoms. The van der Waals surface area contributed by atoms with E-state index in [9.17, 15) is 13.2 Å². The van der Waals surface area contributed by atoms with Gasteiger partial charge >= 0.3 is 16.2 Å². The molecule has 0 aromatic heterocycles. The van der Waals surface area contributed by atoms with Gasteiger partial charge in [-0.3, -0.25) is 4.79 Å². The van der Waals surface area contributed by atoms with E-state index >= 15 is 0 Å². The van der Waals surface area contributed by atoms with E-state index in [4.69, 9.17) is 5.11 Å². The minimum atomic E-state index is -3.84. The van der Waals surface area contributed by atoms with Crippen LogP contribution in [-0.4, -0.2) is 36.1 Å². The highest BCUT2D eigenvalue weighted by molar-refractivity contribution is 7.88. The van der Waals surface area contributed by atoms with Crippen LogP contribution >= 0.6 is 0 Å². The number of rotatable bonds is 2. The quantitative estimate of drug-likeness (QED) is 0.706. The molecule has 0 saturated carbocycles. The third-order valence-corrected chi connectivity index (χ3v) is 3.12. The predicted octanol–water partition coefficient (Wildman–Crippen LogP) is -0.00390. The molecule has 6 nitrogen and oxygen atoms in total. The van der Waals surface area contributed by atoms with Crippen molar-refractivity contribution in [3.8, 4) is 0 Å². The van der Waals surface area contributed by atoms with E-state index < -0.39 is 22.7 Å². The summed E-state index contributed by atoms with van der Waals surface area (Å²) in [6.45, 7) is 2.47. The molecule has 1 heterocycles. The Balaban J connectivity index is 3.09. The minimum absolute atomic E-state index is 0.351. The van der Waals surface area contributed by atoms with E-state index in [0.29, 0.717) is 11.4 Å². The van der Waals surface area contributed by atoms with Gasteiger partial charge in [0.25, 0.3) is 0 Å².